The highest BCUT2D eigenvalue weighted by molar-refractivity contribution is 6.29. The third-order valence-electron chi connectivity index (χ3n) is 2.53. The Morgan fingerprint density at radius 2 is 2.00 bits per heavy atom. The van der Waals surface area contributed by atoms with Gasteiger partial charge in [-0.05, 0) is 35.9 Å². The fourth-order valence-electron chi connectivity index (χ4n) is 1.52. The van der Waals surface area contributed by atoms with E-state index in [2.05, 4.69) is 15.5 Å². The molecule has 0 aliphatic carbocycles. The van der Waals surface area contributed by atoms with E-state index in [9.17, 15) is 4.79 Å². The van der Waals surface area contributed by atoms with Crippen molar-refractivity contribution < 1.29 is 14.3 Å². The largest absolute Gasteiger partial charge is 0.468 e. The second-order valence-electron chi connectivity index (χ2n) is 4.18. The van der Waals surface area contributed by atoms with Crippen molar-refractivity contribution in [2.24, 2.45) is 0 Å². The Balaban J connectivity index is 1.90. The summed E-state index contributed by atoms with van der Waals surface area (Å²) in [6.45, 7) is 0.194. The molecule has 1 heterocycles. The maximum Gasteiger partial charge on any atom is 0.249 e. The molecule has 1 amide bonds. The molecular formula is C15H14ClN3O3. The molecule has 0 bridgehead atoms. The highest BCUT2D eigenvalue weighted by Crippen LogP contribution is 2.13. The van der Waals surface area contributed by atoms with E-state index in [0.717, 1.165) is 5.56 Å². The van der Waals surface area contributed by atoms with Crippen molar-refractivity contribution in [1.29, 1.82) is 0 Å². The molecule has 0 aliphatic rings. The number of hydrogen-bond acceptors (Lipinski definition) is 5. The molecule has 0 atom stereocenters. The third kappa shape index (κ3) is 5.16. The van der Waals surface area contributed by atoms with Gasteiger partial charge in [-0.1, -0.05) is 23.7 Å². The van der Waals surface area contributed by atoms with Crippen LogP contribution < -0.4 is 10.1 Å². The third-order valence-corrected chi connectivity index (χ3v) is 2.74. The number of aromatic nitrogens is 2. The molecule has 0 spiro atoms. The van der Waals surface area contributed by atoms with Crippen LogP contribution in [0.4, 0.5) is 5.82 Å². The van der Waals surface area contributed by atoms with Crippen LogP contribution in [0.15, 0.2) is 42.5 Å². The Labute approximate surface area is 132 Å². The first-order valence-corrected chi connectivity index (χ1v) is 6.75. The van der Waals surface area contributed by atoms with Crippen LogP contribution in [0, 0.1) is 0 Å². The van der Waals surface area contributed by atoms with Gasteiger partial charge in [0.25, 0.3) is 0 Å². The van der Waals surface area contributed by atoms with E-state index in [1.807, 2.05) is 12.1 Å². The van der Waals surface area contributed by atoms with Crippen molar-refractivity contribution in [3.8, 4) is 5.75 Å². The number of methoxy groups -OCH3 is 1. The van der Waals surface area contributed by atoms with E-state index >= 15 is 0 Å². The Bertz CT molecular complexity index is 642. The van der Waals surface area contributed by atoms with Crippen LogP contribution in [0.25, 0.3) is 6.08 Å². The smallest absolute Gasteiger partial charge is 0.249 e. The van der Waals surface area contributed by atoms with Gasteiger partial charge in [-0.2, -0.15) is 0 Å². The Hall–Kier alpha value is -2.44. The van der Waals surface area contributed by atoms with Gasteiger partial charge in [-0.25, -0.2) is 0 Å². The summed E-state index contributed by atoms with van der Waals surface area (Å²) in [6, 6.07) is 10.4. The van der Waals surface area contributed by atoms with E-state index in [-0.39, 0.29) is 17.9 Å². The number of hydrogen-bond donors (Lipinski definition) is 1. The van der Waals surface area contributed by atoms with Gasteiger partial charge in [-0.3, -0.25) is 4.79 Å². The van der Waals surface area contributed by atoms with Gasteiger partial charge in [0.1, 0.15) is 5.75 Å². The molecular weight excluding hydrogens is 306 g/mol. The Morgan fingerprint density at radius 1 is 1.23 bits per heavy atom. The Morgan fingerprint density at radius 3 is 2.64 bits per heavy atom. The zero-order chi connectivity index (χ0) is 15.8. The Kier molecular flexibility index (Phi) is 5.88. The number of nitrogens with one attached hydrogen (secondary N) is 1. The van der Waals surface area contributed by atoms with Gasteiger partial charge in [0.15, 0.2) is 17.8 Å². The highest BCUT2D eigenvalue weighted by atomic mass is 35.5. The van der Waals surface area contributed by atoms with Crippen molar-refractivity contribution in [2.45, 2.75) is 0 Å². The first-order chi connectivity index (χ1) is 10.7. The van der Waals surface area contributed by atoms with Crippen LogP contribution in [0.5, 0.6) is 5.75 Å². The number of halogens is 1. The predicted molar refractivity (Wildman–Crippen MR) is 83.7 cm³/mol. The van der Waals surface area contributed by atoms with Crippen molar-refractivity contribution in [3.63, 3.8) is 0 Å². The minimum absolute atomic E-state index is 0.194. The molecule has 22 heavy (non-hydrogen) atoms. The zero-order valence-electron chi connectivity index (χ0n) is 11.8. The van der Waals surface area contributed by atoms with Crippen molar-refractivity contribution >= 4 is 29.4 Å². The van der Waals surface area contributed by atoms with Crippen LogP contribution in [-0.4, -0.2) is 30.0 Å². The standard InChI is InChI=1S/C15H14ClN3O3/c1-21-10-22-12-5-2-11(3-6-12)4-9-15(20)17-14-8-7-13(16)18-19-14/h2-9H,10H2,1H3,(H,17,19,20)/b9-4+. The van der Waals surface area contributed by atoms with Crippen molar-refractivity contribution in [1.82, 2.24) is 10.2 Å². The van der Waals surface area contributed by atoms with Gasteiger partial charge in [-0.15, -0.1) is 10.2 Å². The van der Waals surface area contributed by atoms with Crippen LogP contribution in [0.3, 0.4) is 0 Å². The molecule has 0 unspecified atom stereocenters. The number of nitrogens with zero attached hydrogens (tertiary/aromatic N) is 2. The summed E-state index contributed by atoms with van der Waals surface area (Å²) in [5, 5.41) is 10.2. The molecule has 0 radical (unpaired) electrons. The number of amides is 1. The summed E-state index contributed by atoms with van der Waals surface area (Å²) in [5.41, 5.74) is 0.863. The van der Waals surface area contributed by atoms with E-state index in [0.29, 0.717) is 11.6 Å². The van der Waals surface area contributed by atoms with Gasteiger partial charge in [0, 0.05) is 13.2 Å². The number of anilines is 1. The SMILES string of the molecule is COCOc1ccc(/C=C/C(=O)Nc2ccc(Cl)nn2)cc1. The van der Waals surface area contributed by atoms with Crippen molar-refractivity contribution in [2.75, 3.05) is 19.2 Å². The van der Waals surface area contributed by atoms with Gasteiger partial charge in [0.2, 0.25) is 5.91 Å². The van der Waals surface area contributed by atoms with E-state index < -0.39 is 0 Å². The lowest BCUT2D eigenvalue weighted by atomic mass is 10.2. The first-order valence-electron chi connectivity index (χ1n) is 6.37. The van der Waals surface area contributed by atoms with Gasteiger partial charge >= 0.3 is 0 Å². The second kappa shape index (κ2) is 8.11. The monoisotopic (exact) mass is 319 g/mol. The zero-order valence-corrected chi connectivity index (χ0v) is 12.6. The van der Waals surface area contributed by atoms with E-state index in [4.69, 9.17) is 21.1 Å². The molecule has 114 valence electrons. The number of carbonyl (C=O) groups excluding carboxylic acids is 1. The molecule has 0 fully saturated rings. The summed E-state index contributed by atoms with van der Waals surface area (Å²) in [6.07, 6.45) is 3.08. The lowest BCUT2D eigenvalue weighted by Gasteiger charge is -2.04. The molecule has 0 aliphatic heterocycles. The van der Waals surface area contributed by atoms with Crippen LogP contribution >= 0.6 is 11.6 Å². The number of ether oxygens (including phenoxy) is 2. The molecule has 1 aromatic carbocycles. The van der Waals surface area contributed by atoms with Crippen molar-refractivity contribution in [3.05, 3.63) is 53.2 Å². The normalized spacial score (nSPS) is 10.6. The van der Waals surface area contributed by atoms with Crippen LogP contribution in [-0.2, 0) is 9.53 Å². The van der Waals surface area contributed by atoms with Crippen LogP contribution in [0.1, 0.15) is 5.56 Å². The minimum atomic E-state index is -0.309. The van der Waals surface area contributed by atoms with Crippen LogP contribution in [0.2, 0.25) is 5.15 Å². The lowest BCUT2D eigenvalue weighted by Crippen LogP contribution is -2.09. The molecule has 2 aromatic rings. The average molecular weight is 320 g/mol. The average Bonchev–Trinajstić information content (AvgIpc) is 2.54. The summed E-state index contributed by atoms with van der Waals surface area (Å²) in [7, 11) is 1.56. The highest BCUT2D eigenvalue weighted by Gasteiger charge is 2.00. The lowest BCUT2D eigenvalue weighted by molar-refractivity contribution is -0.111. The molecule has 0 saturated carbocycles. The molecule has 1 N–H and O–H groups in total. The molecule has 0 saturated heterocycles. The maximum atomic E-state index is 11.7. The number of rotatable bonds is 6. The fourth-order valence-corrected chi connectivity index (χ4v) is 1.63. The topological polar surface area (TPSA) is 73.3 Å². The fraction of sp³-hybridized carbons (Fsp3) is 0.133. The van der Waals surface area contributed by atoms with Gasteiger partial charge < -0.3 is 14.8 Å². The molecule has 6 nitrogen and oxygen atoms in total. The summed E-state index contributed by atoms with van der Waals surface area (Å²) < 4.78 is 10.1. The molecule has 7 heteroatoms. The van der Waals surface area contributed by atoms with E-state index in [1.54, 1.807) is 37.5 Å². The summed E-state index contributed by atoms with van der Waals surface area (Å²) in [4.78, 5) is 11.7. The first kappa shape index (κ1) is 15.9. The summed E-state index contributed by atoms with van der Waals surface area (Å²) >= 11 is 5.62. The minimum Gasteiger partial charge on any atom is -0.468 e. The van der Waals surface area contributed by atoms with E-state index in [1.165, 1.54) is 6.08 Å². The number of carbonyl (C=O) groups is 1. The van der Waals surface area contributed by atoms with Gasteiger partial charge in [0.05, 0.1) is 0 Å². The second-order valence-corrected chi connectivity index (χ2v) is 4.57. The molecule has 1 aromatic heterocycles. The maximum absolute atomic E-state index is 11.7. The molecule has 2 rings (SSSR count). The quantitative estimate of drug-likeness (QED) is 0.654. The summed E-state index contributed by atoms with van der Waals surface area (Å²) in [5.74, 6) is 0.721. The predicted octanol–water partition coefficient (Wildman–Crippen LogP) is 2.76. The number of benzene rings is 1.